The topological polar surface area (TPSA) is 84.7 Å². The molecule has 0 amide bonds. The van der Waals surface area contributed by atoms with Crippen molar-refractivity contribution in [3.8, 4) is 10.7 Å². The van der Waals surface area contributed by atoms with Crippen molar-refractivity contribution in [1.29, 1.82) is 0 Å². The molecule has 4 aromatic heterocycles. The van der Waals surface area contributed by atoms with Gasteiger partial charge in [0.25, 0.3) is 5.56 Å². The fourth-order valence-corrected chi connectivity index (χ4v) is 4.20. The molecule has 0 saturated heterocycles. The van der Waals surface area contributed by atoms with Crippen molar-refractivity contribution in [2.75, 3.05) is 0 Å². The van der Waals surface area contributed by atoms with Gasteiger partial charge in [-0.25, -0.2) is 4.98 Å². The molecule has 8 heteroatoms. The summed E-state index contributed by atoms with van der Waals surface area (Å²) in [5.41, 5.74) is 0.925. The molecule has 0 radical (unpaired) electrons. The number of rotatable bonds is 4. The van der Waals surface area contributed by atoms with Crippen LogP contribution in [0.25, 0.3) is 20.9 Å². The highest BCUT2D eigenvalue weighted by molar-refractivity contribution is 7.18. The highest BCUT2D eigenvalue weighted by Gasteiger charge is 2.13. The van der Waals surface area contributed by atoms with Crippen LogP contribution in [-0.4, -0.2) is 20.1 Å². The minimum Gasteiger partial charge on any atom is -0.339 e. The Hall–Kier alpha value is -2.32. The molecular formula is C16H14N4O2S2. The van der Waals surface area contributed by atoms with Crippen LogP contribution in [0.5, 0.6) is 0 Å². The standard InChI is InChI=1S/C16H14N4O2S2/c1-8-9(2)24-16-13(8)15(21)17-11(18-16)5-6-12-19-14(20-22-12)10-4-3-7-23-10/h3-4,7H,5-6H2,1-2H3,(H,17,18,21). The number of nitrogens with zero attached hydrogens (tertiary/aromatic N) is 3. The lowest BCUT2D eigenvalue weighted by Gasteiger charge is -1.98. The van der Waals surface area contributed by atoms with E-state index >= 15 is 0 Å². The lowest BCUT2D eigenvalue weighted by atomic mass is 10.2. The first-order chi connectivity index (χ1) is 11.6. The molecule has 0 fully saturated rings. The fourth-order valence-electron chi connectivity index (χ4n) is 2.51. The zero-order chi connectivity index (χ0) is 16.7. The Morgan fingerprint density at radius 2 is 2.12 bits per heavy atom. The van der Waals surface area contributed by atoms with E-state index < -0.39 is 0 Å². The largest absolute Gasteiger partial charge is 0.339 e. The maximum absolute atomic E-state index is 12.3. The molecule has 4 aromatic rings. The molecule has 6 nitrogen and oxygen atoms in total. The summed E-state index contributed by atoms with van der Waals surface area (Å²) in [7, 11) is 0. The van der Waals surface area contributed by atoms with Crippen LogP contribution in [-0.2, 0) is 12.8 Å². The number of fused-ring (bicyclic) bond motifs is 1. The van der Waals surface area contributed by atoms with Gasteiger partial charge in [0.2, 0.25) is 11.7 Å². The first-order valence-electron chi connectivity index (χ1n) is 7.47. The Morgan fingerprint density at radius 1 is 1.25 bits per heavy atom. The first-order valence-corrected chi connectivity index (χ1v) is 9.17. The van der Waals surface area contributed by atoms with Gasteiger partial charge in [0.15, 0.2) is 0 Å². The monoisotopic (exact) mass is 358 g/mol. The molecule has 0 aliphatic heterocycles. The molecule has 4 rings (SSSR count). The van der Waals surface area contributed by atoms with Crippen molar-refractivity contribution >= 4 is 32.9 Å². The van der Waals surface area contributed by atoms with Crippen LogP contribution in [0, 0.1) is 13.8 Å². The third-order valence-corrected chi connectivity index (χ3v) is 5.84. The predicted octanol–water partition coefficient (Wildman–Crippen LogP) is 3.50. The lowest BCUT2D eigenvalue weighted by Crippen LogP contribution is -2.12. The Kier molecular flexibility index (Phi) is 3.78. The molecule has 0 aliphatic carbocycles. The first kappa shape index (κ1) is 15.2. The number of hydrogen-bond donors (Lipinski definition) is 1. The van der Waals surface area contributed by atoms with Gasteiger partial charge >= 0.3 is 0 Å². The summed E-state index contributed by atoms with van der Waals surface area (Å²) in [5.74, 6) is 1.78. The fraction of sp³-hybridized carbons (Fsp3) is 0.250. The van der Waals surface area contributed by atoms with Crippen molar-refractivity contribution in [2.24, 2.45) is 0 Å². The van der Waals surface area contributed by atoms with Gasteiger partial charge in [-0.3, -0.25) is 4.79 Å². The van der Waals surface area contributed by atoms with Gasteiger partial charge in [0.05, 0.1) is 10.3 Å². The summed E-state index contributed by atoms with van der Waals surface area (Å²) in [6.07, 6.45) is 1.09. The second kappa shape index (κ2) is 5.95. The Bertz CT molecular complexity index is 1060. The van der Waals surface area contributed by atoms with Crippen molar-refractivity contribution in [1.82, 2.24) is 20.1 Å². The molecule has 0 unspecified atom stereocenters. The van der Waals surface area contributed by atoms with E-state index in [9.17, 15) is 4.79 Å². The summed E-state index contributed by atoms with van der Waals surface area (Å²) in [4.78, 5) is 27.0. The summed E-state index contributed by atoms with van der Waals surface area (Å²) in [6.45, 7) is 3.96. The summed E-state index contributed by atoms with van der Waals surface area (Å²) < 4.78 is 5.28. The SMILES string of the molecule is Cc1sc2nc(CCc3nc(-c4cccs4)no3)[nH]c(=O)c2c1C. The average Bonchev–Trinajstić information content (AvgIpc) is 3.27. The Labute approximate surface area is 145 Å². The number of nitrogens with one attached hydrogen (secondary N) is 1. The van der Waals surface area contributed by atoms with E-state index in [1.165, 1.54) is 0 Å². The molecule has 1 N–H and O–H groups in total. The number of H-pyrrole nitrogens is 1. The predicted molar refractivity (Wildman–Crippen MR) is 94.7 cm³/mol. The van der Waals surface area contributed by atoms with Crippen molar-refractivity contribution in [3.05, 3.63) is 50.0 Å². The van der Waals surface area contributed by atoms with E-state index in [2.05, 4.69) is 20.1 Å². The third kappa shape index (κ3) is 2.67. The zero-order valence-corrected chi connectivity index (χ0v) is 14.8. The minimum atomic E-state index is -0.0818. The second-order valence-corrected chi connectivity index (χ2v) is 7.62. The van der Waals surface area contributed by atoms with Crippen LogP contribution >= 0.6 is 22.7 Å². The van der Waals surface area contributed by atoms with Gasteiger partial charge in [-0.15, -0.1) is 22.7 Å². The minimum absolute atomic E-state index is 0.0818. The third-order valence-electron chi connectivity index (χ3n) is 3.87. The zero-order valence-electron chi connectivity index (χ0n) is 13.1. The molecule has 24 heavy (non-hydrogen) atoms. The Balaban J connectivity index is 1.56. The number of hydrogen-bond acceptors (Lipinski definition) is 7. The average molecular weight is 358 g/mol. The summed E-state index contributed by atoms with van der Waals surface area (Å²) in [6, 6.07) is 3.90. The quantitative estimate of drug-likeness (QED) is 0.603. The van der Waals surface area contributed by atoms with Crippen LogP contribution in [0.15, 0.2) is 26.8 Å². The molecule has 122 valence electrons. The smallest absolute Gasteiger partial charge is 0.259 e. The highest BCUT2D eigenvalue weighted by atomic mass is 32.1. The Morgan fingerprint density at radius 3 is 2.92 bits per heavy atom. The summed E-state index contributed by atoms with van der Waals surface area (Å²) in [5, 5.41) is 6.65. The van der Waals surface area contributed by atoms with Gasteiger partial charge in [0, 0.05) is 17.7 Å². The van der Waals surface area contributed by atoms with E-state index in [4.69, 9.17) is 4.52 Å². The summed E-state index contributed by atoms with van der Waals surface area (Å²) >= 11 is 3.12. The van der Waals surface area contributed by atoms with Gasteiger partial charge in [-0.2, -0.15) is 4.98 Å². The maximum Gasteiger partial charge on any atom is 0.259 e. The molecule has 0 aromatic carbocycles. The molecule has 0 atom stereocenters. The molecule has 0 bridgehead atoms. The van der Waals surface area contributed by atoms with Crippen LogP contribution < -0.4 is 5.56 Å². The van der Waals surface area contributed by atoms with E-state index in [1.54, 1.807) is 22.7 Å². The molecular weight excluding hydrogens is 344 g/mol. The van der Waals surface area contributed by atoms with E-state index in [0.29, 0.717) is 35.8 Å². The number of aromatic amines is 1. The maximum atomic E-state index is 12.3. The van der Waals surface area contributed by atoms with E-state index in [1.807, 2.05) is 31.4 Å². The normalized spacial score (nSPS) is 11.4. The molecule has 4 heterocycles. The van der Waals surface area contributed by atoms with Crippen molar-refractivity contribution in [3.63, 3.8) is 0 Å². The molecule has 0 saturated carbocycles. The van der Waals surface area contributed by atoms with E-state index in [-0.39, 0.29) is 5.56 Å². The van der Waals surface area contributed by atoms with Crippen LogP contribution in [0.1, 0.15) is 22.2 Å². The number of thiophene rings is 2. The second-order valence-electron chi connectivity index (χ2n) is 5.47. The number of aromatic nitrogens is 4. The van der Waals surface area contributed by atoms with Crippen LogP contribution in [0.3, 0.4) is 0 Å². The molecule has 0 spiro atoms. The van der Waals surface area contributed by atoms with Gasteiger partial charge in [-0.05, 0) is 30.9 Å². The van der Waals surface area contributed by atoms with Crippen molar-refractivity contribution in [2.45, 2.75) is 26.7 Å². The van der Waals surface area contributed by atoms with Gasteiger partial charge in [0.1, 0.15) is 10.7 Å². The highest BCUT2D eigenvalue weighted by Crippen LogP contribution is 2.26. The van der Waals surface area contributed by atoms with Crippen LogP contribution in [0.4, 0.5) is 0 Å². The van der Waals surface area contributed by atoms with Gasteiger partial charge in [-0.1, -0.05) is 11.2 Å². The van der Waals surface area contributed by atoms with Crippen molar-refractivity contribution < 1.29 is 4.52 Å². The molecule has 0 aliphatic rings. The number of aryl methyl sites for hydroxylation is 4. The van der Waals surface area contributed by atoms with E-state index in [0.717, 1.165) is 20.1 Å². The van der Waals surface area contributed by atoms with Gasteiger partial charge < -0.3 is 9.51 Å². The van der Waals surface area contributed by atoms with Crippen LogP contribution in [0.2, 0.25) is 0 Å². The lowest BCUT2D eigenvalue weighted by molar-refractivity contribution is 0.378.